The van der Waals surface area contributed by atoms with Crippen molar-refractivity contribution in [2.24, 2.45) is 7.05 Å². The summed E-state index contributed by atoms with van der Waals surface area (Å²) in [6.45, 7) is 1.96. The van der Waals surface area contributed by atoms with Crippen molar-refractivity contribution in [3.8, 4) is 5.75 Å². The molecule has 0 spiro atoms. The highest BCUT2D eigenvalue weighted by molar-refractivity contribution is 7.99. The van der Waals surface area contributed by atoms with Gasteiger partial charge in [-0.15, -0.1) is 10.2 Å². The maximum Gasteiger partial charge on any atom is 0.308 e. The van der Waals surface area contributed by atoms with Gasteiger partial charge in [-0.1, -0.05) is 36.0 Å². The molecule has 10 nitrogen and oxygen atoms in total. The molecule has 0 fully saturated rings. The fourth-order valence-electron chi connectivity index (χ4n) is 3.29. The first kappa shape index (κ1) is 25.8. The van der Waals surface area contributed by atoms with Crippen molar-refractivity contribution >= 4 is 35.2 Å². The van der Waals surface area contributed by atoms with E-state index in [0.717, 1.165) is 0 Å². The number of ether oxygens (including phenoxy) is 2. The van der Waals surface area contributed by atoms with Gasteiger partial charge in [0.1, 0.15) is 12.1 Å². The summed E-state index contributed by atoms with van der Waals surface area (Å²) in [7, 11) is 3.32. The van der Waals surface area contributed by atoms with E-state index in [2.05, 4.69) is 20.8 Å². The quantitative estimate of drug-likeness (QED) is 0.306. The highest BCUT2D eigenvalue weighted by atomic mass is 32.2. The molecule has 0 radical (unpaired) electrons. The molecule has 2 N–H and O–H groups in total. The third-order valence-electron chi connectivity index (χ3n) is 4.91. The molecule has 1 heterocycles. The zero-order chi connectivity index (χ0) is 25.2. The molecule has 0 aliphatic rings. The summed E-state index contributed by atoms with van der Waals surface area (Å²) >= 11 is 1.25. The number of aromatic nitrogens is 3. The average Bonchev–Trinajstić information content (AvgIpc) is 3.27. The smallest absolute Gasteiger partial charge is 0.308 e. The highest BCUT2D eigenvalue weighted by Crippen LogP contribution is 2.28. The number of benzene rings is 2. The van der Waals surface area contributed by atoms with Crippen molar-refractivity contribution in [1.29, 1.82) is 0 Å². The number of hydrogen-bond donors (Lipinski definition) is 2. The van der Waals surface area contributed by atoms with Gasteiger partial charge >= 0.3 is 5.97 Å². The van der Waals surface area contributed by atoms with E-state index >= 15 is 0 Å². The second-order valence-electron chi connectivity index (χ2n) is 7.42. The molecule has 184 valence electrons. The van der Waals surface area contributed by atoms with E-state index in [-0.39, 0.29) is 24.7 Å². The fourth-order valence-corrected chi connectivity index (χ4v) is 3.98. The molecule has 1 aromatic heterocycles. The van der Waals surface area contributed by atoms with Crippen molar-refractivity contribution in [2.45, 2.75) is 24.5 Å². The van der Waals surface area contributed by atoms with Crippen LogP contribution in [0.2, 0.25) is 0 Å². The van der Waals surface area contributed by atoms with Gasteiger partial charge in [0, 0.05) is 23.9 Å². The van der Waals surface area contributed by atoms with Crippen LogP contribution in [0.15, 0.2) is 60.0 Å². The van der Waals surface area contributed by atoms with Gasteiger partial charge in [-0.25, -0.2) is 0 Å². The van der Waals surface area contributed by atoms with Crippen molar-refractivity contribution in [3.05, 3.63) is 66.0 Å². The number of amides is 2. The van der Waals surface area contributed by atoms with Gasteiger partial charge in [0.25, 0.3) is 5.91 Å². The predicted molar refractivity (Wildman–Crippen MR) is 131 cm³/mol. The van der Waals surface area contributed by atoms with Gasteiger partial charge in [-0.2, -0.15) is 0 Å². The lowest BCUT2D eigenvalue weighted by atomic mass is 10.0. The lowest BCUT2D eigenvalue weighted by Crippen LogP contribution is -2.31. The molecule has 35 heavy (non-hydrogen) atoms. The maximum atomic E-state index is 13.1. The normalized spacial score (nSPS) is 11.4. The van der Waals surface area contributed by atoms with E-state index in [1.54, 1.807) is 73.4 Å². The zero-order valence-corrected chi connectivity index (χ0v) is 20.5. The number of carbonyl (C=O) groups is 3. The highest BCUT2D eigenvalue weighted by Gasteiger charge is 2.23. The Morgan fingerprint density at radius 1 is 1.14 bits per heavy atom. The second-order valence-corrected chi connectivity index (χ2v) is 8.36. The summed E-state index contributed by atoms with van der Waals surface area (Å²) in [5.41, 5.74) is 1.45. The summed E-state index contributed by atoms with van der Waals surface area (Å²) in [6, 6.07) is 13.1. The van der Waals surface area contributed by atoms with Crippen molar-refractivity contribution in [3.63, 3.8) is 0 Å². The first-order valence-corrected chi connectivity index (χ1v) is 11.9. The van der Waals surface area contributed by atoms with Crippen LogP contribution < -0.4 is 15.4 Å². The molecule has 11 heteroatoms. The van der Waals surface area contributed by atoms with Crippen molar-refractivity contribution in [2.75, 3.05) is 24.8 Å². The van der Waals surface area contributed by atoms with E-state index in [9.17, 15) is 14.4 Å². The van der Waals surface area contributed by atoms with Crippen molar-refractivity contribution < 1.29 is 23.9 Å². The van der Waals surface area contributed by atoms with E-state index in [1.807, 2.05) is 0 Å². The molecule has 0 saturated carbocycles. The van der Waals surface area contributed by atoms with E-state index in [0.29, 0.717) is 27.7 Å². The van der Waals surface area contributed by atoms with Crippen LogP contribution in [0.3, 0.4) is 0 Å². The van der Waals surface area contributed by atoms with Crippen LogP contribution in [-0.2, 0) is 21.4 Å². The summed E-state index contributed by atoms with van der Waals surface area (Å²) in [5.74, 6) is -0.411. The van der Waals surface area contributed by atoms with Crippen LogP contribution in [0.25, 0.3) is 0 Å². The number of anilines is 1. The van der Waals surface area contributed by atoms with Gasteiger partial charge < -0.3 is 24.7 Å². The Morgan fingerprint density at radius 2 is 1.94 bits per heavy atom. The van der Waals surface area contributed by atoms with Crippen molar-refractivity contribution in [1.82, 2.24) is 20.1 Å². The third-order valence-corrected chi connectivity index (χ3v) is 5.94. The number of rotatable bonds is 11. The molecule has 3 rings (SSSR count). The summed E-state index contributed by atoms with van der Waals surface area (Å²) in [4.78, 5) is 37.7. The molecule has 1 unspecified atom stereocenters. The number of esters is 1. The van der Waals surface area contributed by atoms with Crippen LogP contribution in [0, 0.1) is 0 Å². The standard InChI is InChI=1S/C24H27N5O5S/c1-4-34-22(31)13-19(18-10-5-6-11-20(18)33-3)27-23(32)16-8-7-9-17(12-16)26-21(30)14-35-24-28-25-15-29(24)2/h5-12,15,19H,4,13-14H2,1-3H3,(H,26,30)(H,27,32). The lowest BCUT2D eigenvalue weighted by Gasteiger charge is -2.21. The molecule has 1 atom stereocenters. The molecule has 0 bridgehead atoms. The van der Waals surface area contributed by atoms with E-state index in [1.165, 1.54) is 18.9 Å². The summed E-state index contributed by atoms with van der Waals surface area (Å²) in [5, 5.41) is 14.0. The zero-order valence-electron chi connectivity index (χ0n) is 19.7. The van der Waals surface area contributed by atoms with Crippen LogP contribution in [0.5, 0.6) is 5.75 Å². The maximum absolute atomic E-state index is 13.1. The molecular weight excluding hydrogens is 470 g/mol. The van der Waals surface area contributed by atoms with Gasteiger partial charge in [0.15, 0.2) is 5.16 Å². The fraction of sp³-hybridized carbons (Fsp3) is 0.292. The Kier molecular flexibility index (Phi) is 9.24. The summed E-state index contributed by atoms with van der Waals surface area (Å²) < 4.78 is 12.2. The largest absolute Gasteiger partial charge is 0.496 e. The molecular formula is C24H27N5O5S. The third kappa shape index (κ3) is 7.31. The number of para-hydroxylation sites is 1. The Hall–Kier alpha value is -3.86. The molecule has 3 aromatic rings. The average molecular weight is 498 g/mol. The monoisotopic (exact) mass is 497 g/mol. The Morgan fingerprint density at radius 3 is 2.66 bits per heavy atom. The minimum Gasteiger partial charge on any atom is -0.496 e. The predicted octanol–water partition coefficient (Wildman–Crippen LogP) is 2.98. The minimum atomic E-state index is -0.668. The van der Waals surface area contributed by atoms with E-state index < -0.39 is 17.9 Å². The minimum absolute atomic E-state index is 0.0599. The van der Waals surface area contributed by atoms with Gasteiger partial charge in [0.05, 0.1) is 31.9 Å². The topological polar surface area (TPSA) is 124 Å². The Balaban J connectivity index is 1.70. The molecule has 2 aromatic carbocycles. The number of hydrogen-bond acceptors (Lipinski definition) is 8. The van der Waals surface area contributed by atoms with Gasteiger partial charge in [-0.3, -0.25) is 14.4 Å². The summed E-state index contributed by atoms with van der Waals surface area (Å²) in [6.07, 6.45) is 1.50. The number of carbonyl (C=O) groups excluding carboxylic acids is 3. The molecule has 0 aliphatic carbocycles. The molecule has 0 saturated heterocycles. The molecule has 2 amide bonds. The van der Waals surface area contributed by atoms with Crippen LogP contribution in [0.4, 0.5) is 5.69 Å². The first-order valence-electron chi connectivity index (χ1n) is 10.9. The number of nitrogens with one attached hydrogen (secondary N) is 2. The van der Waals surface area contributed by atoms with Gasteiger partial charge in [0.2, 0.25) is 5.91 Å². The number of thioether (sulfide) groups is 1. The van der Waals surface area contributed by atoms with Gasteiger partial charge in [-0.05, 0) is 31.2 Å². The Bertz CT molecular complexity index is 1180. The lowest BCUT2D eigenvalue weighted by molar-refractivity contribution is -0.143. The second kappa shape index (κ2) is 12.6. The molecule has 0 aliphatic heterocycles. The Labute approximate surface area is 207 Å². The van der Waals surface area contributed by atoms with Crippen LogP contribution in [0.1, 0.15) is 35.3 Å². The van der Waals surface area contributed by atoms with Crippen LogP contribution in [-0.4, -0.2) is 52.0 Å². The van der Waals surface area contributed by atoms with E-state index in [4.69, 9.17) is 9.47 Å². The number of methoxy groups -OCH3 is 1. The number of nitrogens with zero attached hydrogens (tertiary/aromatic N) is 3. The van der Waals surface area contributed by atoms with Crippen LogP contribution >= 0.6 is 11.8 Å². The first-order chi connectivity index (χ1) is 16.9. The number of aryl methyl sites for hydroxylation is 1. The SMILES string of the molecule is CCOC(=O)CC(NC(=O)c1cccc(NC(=O)CSc2nncn2C)c1)c1ccccc1OC.